The number of aryl methyl sites for hydroxylation is 1. The van der Waals surface area contributed by atoms with Crippen LogP contribution in [0.4, 0.5) is 21.7 Å². The average Bonchev–Trinajstić information content (AvgIpc) is 2.61. The Balaban J connectivity index is 1.73. The van der Waals surface area contributed by atoms with Crippen LogP contribution in [0.25, 0.3) is 0 Å². The number of anilines is 3. The number of rotatable bonds is 5. The zero-order valence-corrected chi connectivity index (χ0v) is 15.1. The molecule has 0 aliphatic carbocycles. The van der Waals surface area contributed by atoms with Gasteiger partial charge in [0.25, 0.3) is 10.0 Å². The average molecular weight is 393 g/mol. The van der Waals surface area contributed by atoms with Crippen molar-refractivity contribution >= 4 is 38.9 Å². The van der Waals surface area contributed by atoms with Gasteiger partial charge in [0.15, 0.2) is 11.6 Å². The quantitative estimate of drug-likeness (QED) is 0.682. The zero-order chi connectivity index (χ0) is 18.7. The van der Waals surface area contributed by atoms with Gasteiger partial charge in [-0.05, 0) is 67.1 Å². The van der Waals surface area contributed by atoms with E-state index in [9.17, 15) is 12.8 Å². The van der Waals surface area contributed by atoms with Crippen LogP contribution < -0.4 is 10.0 Å². The number of sulfonamides is 1. The van der Waals surface area contributed by atoms with Gasteiger partial charge >= 0.3 is 0 Å². The van der Waals surface area contributed by atoms with Crippen LogP contribution >= 0.6 is 11.6 Å². The van der Waals surface area contributed by atoms with E-state index in [2.05, 4.69) is 20.2 Å². The highest BCUT2D eigenvalue weighted by Crippen LogP contribution is 2.20. The van der Waals surface area contributed by atoms with Crippen LogP contribution in [-0.4, -0.2) is 18.6 Å². The molecule has 3 aromatic rings. The molecule has 0 aliphatic heterocycles. The van der Waals surface area contributed by atoms with E-state index in [0.29, 0.717) is 10.8 Å². The van der Waals surface area contributed by atoms with Crippen molar-refractivity contribution in [3.63, 3.8) is 0 Å². The third-order valence-corrected chi connectivity index (χ3v) is 5.06. The summed E-state index contributed by atoms with van der Waals surface area (Å²) in [6.07, 6.45) is 0. The first kappa shape index (κ1) is 18.1. The topological polar surface area (TPSA) is 84.0 Å². The van der Waals surface area contributed by atoms with Gasteiger partial charge in [0.05, 0.1) is 4.90 Å². The molecule has 0 atom stereocenters. The molecule has 0 saturated carbocycles. The molecule has 2 N–H and O–H groups in total. The smallest absolute Gasteiger partial charge is 0.263 e. The van der Waals surface area contributed by atoms with Crippen LogP contribution in [0, 0.1) is 12.7 Å². The molecule has 3 rings (SSSR count). The molecule has 0 unspecified atom stereocenters. The van der Waals surface area contributed by atoms with Crippen LogP contribution in [0.2, 0.25) is 5.02 Å². The van der Waals surface area contributed by atoms with Gasteiger partial charge in [0.1, 0.15) is 5.82 Å². The first-order valence-corrected chi connectivity index (χ1v) is 9.35. The molecule has 0 aliphatic rings. The van der Waals surface area contributed by atoms with Crippen LogP contribution in [0.5, 0.6) is 0 Å². The number of benzene rings is 2. The minimum absolute atomic E-state index is 0.0497. The SMILES string of the molecule is Cc1cc(S(=O)(=O)Nc2ccc(Nc3ccc(Cl)cc3)nn2)ccc1F. The van der Waals surface area contributed by atoms with Crippen molar-refractivity contribution in [2.75, 3.05) is 10.0 Å². The first-order chi connectivity index (χ1) is 12.3. The molecular weight excluding hydrogens is 379 g/mol. The fourth-order valence-electron chi connectivity index (χ4n) is 2.12. The molecule has 0 amide bonds. The van der Waals surface area contributed by atoms with E-state index in [4.69, 9.17) is 11.6 Å². The van der Waals surface area contributed by atoms with E-state index in [-0.39, 0.29) is 16.3 Å². The lowest BCUT2D eigenvalue weighted by atomic mass is 10.2. The normalized spacial score (nSPS) is 11.2. The summed E-state index contributed by atoms with van der Waals surface area (Å²) in [6.45, 7) is 1.49. The lowest BCUT2D eigenvalue weighted by molar-refractivity contribution is 0.598. The van der Waals surface area contributed by atoms with Crippen LogP contribution in [0.15, 0.2) is 59.5 Å². The summed E-state index contributed by atoms with van der Waals surface area (Å²) < 4.78 is 40.3. The van der Waals surface area contributed by atoms with Crippen LogP contribution in [-0.2, 0) is 10.0 Å². The molecule has 0 fully saturated rings. The lowest BCUT2D eigenvalue weighted by Gasteiger charge is -2.09. The van der Waals surface area contributed by atoms with Gasteiger partial charge in [0, 0.05) is 10.7 Å². The lowest BCUT2D eigenvalue weighted by Crippen LogP contribution is -2.14. The molecule has 6 nitrogen and oxygen atoms in total. The molecule has 0 spiro atoms. The molecule has 0 saturated heterocycles. The van der Waals surface area contributed by atoms with Crippen molar-refractivity contribution < 1.29 is 12.8 Å². The monoisotopic (exact) mass is 392 g/mol. The molecule has 9 heteroatoms. The Kier molecular flexibility index (Phi) is 5.06. The second-order valence-electron chi connectivity index (χ2n) is 5.45. The minimum Gasteiger partial charge on any atom is -0.339 e. The summed E-state index contributed by atoms with van der Waals surface area (Å²) in [4.78, 5) is -0.0541. The number of nitrogens with one attached hydrogen (secondary N) is 2. The molecule has 26 heavy (non-hydrogen) atoms. The van der Waals surface area contributed by atoms with E-state index in [1.54, 1.807) is 30.3 Å². The summed E-state index contributed by atoms with van der Waals surface area (Å²) in [5, 5.41) is 11.4. The van der Waals surface area contributed by atoms with E-state index in [1.807, 2.05) is 0 Å². The third kappa shape index (κ3) is 4.27. The predicted octanol–water partition coefficient (Wildman–Crippen LogP) is 4.12. The van der Waals surface area contributed by atoms with Gasteiger partial charge in [0.2, 0.25) is 0 Å². The number of nitrogens with zero attached hydrogens (tertiary/aromatic N) is 2. The number of aromatic nitrogens is 2. The second-order valence-corrected chi connectivity index (χ2v) is 7.57. The standard InChI is InChI=1S/C17H14ClFN4O2S/c1-11-10-14(6-7-15(11)19)26(24,25)23-17-9-8-16(21-22-17)20-13-4-2-12(18)3-5-13/h2-10H,1H3,(H,20,21)(H,22,23). The number of hydrogen-bond donors (Lipinski definition) is 2. The van der Waals surface area contributed by atoms with Crippen LogP contribution in [0.3, 0.4) is 0 Å². The summed E-state index contributed by atoms with van der Waals surface area (Å²) >= 11 is 5.82. The maximum Gasteiger partial charge on any atom is 0.263 e. The molecule has 1 aromatic heterocycles. The highest BCUT2D eigenvalue weighted by molar-refractivity contribution is 7.92. The Morgan fingerprint density at radius 3 is 2.23 bits per heavy atom. The minimum atomic E-state index is -3.88. The van der Waals surface area contributed by atoms with Gasteiger partial charge in [-0.3, -0.25) is 4.72 Å². The summed E-state index contributed by atoms with van der Waals surface area (Å²) in [5.41, 5.74) is 1.00. The van der Waals surface area contributed by atoms with Crippen molar-refractivity contribution in [2.24, 2.45) is 0 Å². The van der Waals surface area contributed by atoms with Crippen LogP contribution in [0.1, 0.15) is 5.56 Å². The highest BCUT2D eigenvalue weighted by atomic mass is 35.5. The molecule has 0 radical (unpaired) electrons. The van der Waals surface area contributed by atoms with Crippen molar-refractivity contribution in [1.29, 1.82) is 0 Å². The maximum absolute atomic E-state index is 13.3. The first-order valence-electron chi connectivity index (χ1n) is 7.49. The van der Waals surface area contributed by atoms with E-state index in [0.717, 1.165) is 11.8 Å². The largest absolute Gasteiger partial charge is 0.339 e. The Morgan fingerprint density at radius 2 is 1.62 bits per heavy atom. The van der Waals surface area contributed by atoms with Gasteiger partial charge in [-0.15, -0.1) is 10.2 Å². The maximum atomic E-state index is 13.3. The van der Waals surface area contributed by atoms with Gasteiger partial charge in [-0.1, -0.05) is 11.6 Å². The molecule has 2 aromatic carbocycles. The Hall–Kier alpha value is -2.71. The Labute approximate surface area is 155 Å². The molecule has 134 valence electrons. The number of halogens is 2. The van der Waals surface area contributed by atoms with Gasteiger partial charge in [-0.2, -0.15) is 0 Å². The van der Waals surface area contributed by atoms with E-state index >= 15 is 0 Å². The van der Waals surface area contributed by atoms with E-state index < -0.39 is 15.8 Å². The highest BCUT2D eigenvalue weighted by Gasteiger charge is 2.16. The summed E-state index contributed by atoms with van der Waals surface area (Å²) in [7, 11) is -3.88. The fourth-order valence-corrected chi connectivity index (χ4v) is 3.32. The van der Waals surface area contributed by atoms with Crippen molar-refractivity contribution in [3.8, 4) is 0 Å². The van der Waals surface area contributed by atoms with Crippen molar-refractivity contribution in [3.05, 3.63) is 71.0 Å². The van der Waals surface area contributed by atoms with Crippen molar-refractivity contribution in [2.45, 2.75) is 11.8 Å². The fraction of sp³-hybridized carbons (Fsp3) is 0.0588. The van der Waals surface area contributed by atoms with Crippen molar-refractivity contribution in [1.82, 2.24) is 10.2 Å². The molecule has 0 bridgehead atoms. The molecule has 1 heterocycles. The molecular formula is C17H14ClFN4O2S. The Bertz CT molecular complexity index is 1030. The number of hydrogen-bond acceptors (Lipinski definition) is 5. The summed E-state index contributed by atoms with van der Waals surface area (Å²) in [5.74, 6) is 0.0166. The Morgan fingerprint density at radius 1 is 0.962 bits per heavy atom. The third-order valence-electron chi connectivity index (χ3n) is 3.46. The van der Waals surface area contributed by atoms with Gasteiger partial charge in [-0.25, -0.2) is 12.8 Å². The second kappa shape index (κ2) is 7.27. The predicted molar refractivity (Wildman–Crippen MR) is 98.7 cm³/mol. The van der Waals surface area contributed by atoms with E-state index in [1.165, 1.54) is 25.1 Å². The summed E-state index contributed by atoms with van der Waals surface area (Å²) in [6, 6.07) is 13.6. The van der Waals surface area contributed by atoms with Gasteiger partial charge < -0.3 is 5.32 Å². The zero-order valence-electron chi connectivity index (χ0n) is 13.6.